The van der Waals surface area contributed by atoms with E-state index in [1.165, 1.54) is 18.3 Å². The van der Waals surface area contributed by atoms with Crippen LogP contribution >= 0.6 is 23.2 Å². The predicted molar refractivity (Wildman–Crippen MR) is 141 cm³/mol. The standard InChI is InChI=1S/C26H22Cl2F2N4O3S/c1-12-10-31-23(14-6-5-7-19(21(14)29)38(4,36)37)22(30)24(12)34-13(2)8-17(20(27)26(34)35)15-9-16(15)18-11-32-33(3)25(18)28/h5-8,10-11,15-16H,9H2,1-4H3/t15-,16?/m1/s1. The molecule has 198 valence electrons. The molecule has 3 heterocycles. The van der Waals surface area contributed by atoms with Crippen molar-refractivity contribution in [2.75, 3.05) is 6.26 Å². The second-order valence-corrected chi connectivity index (χ2v) is 12.2. The van der Waals surface area contributed by atoms with E-state index in [0.717, 1.165) is 28.9 Å². The topological polar surface area (TPSA) is 86.8 Å². The van der Waals surface area contributed by atoms with Crippen LogP contribution in [0.2, 0.25) is 10.2 Å². The van der Waals surface area contributed by atoms with Gasteiger partial charge < -0.3 is 0 Å². The summed E-state index contributed by atoms with van der Waals surface area (Å²) in [5, 5.41) is 4.64. The van der Waals surface area contributed by atoms with Crippen molar-refractivity contribution in [1.29, 1.82) is 0 Å². The third-order valence-corrected chi connectivity index (χ3v) is 8.82. The van der Waals surface area contributed by atoms with Crippen molar-refractivity contribution in [3.63, 3.8) is 0 Å². The van der Waals surface area contributed by atoms with Crippen molar-refractivity contribution in [3.8, 4) is 16.9 Å². The number of pyridine rings is 2. The summed E-state index contributed by atoms with van der Waals surface area (Å²) < 4.78 is 57.8. The lowest BCUT2D eigenvalue weighted by atomic mass is 10.0. The number of sulfone groups is 1. The molecule has 1 unspecified atom stereocenters. The minimum absolute atomic E-state index is 0.0444. The van der Waals surface area contributed by atoms with E-state index in [-0.39, 0.29) is 28.1 Å². The van der Waals surface area contributed by atoms with Crippen LogP contribution in [0.25, 0.3) is 16.9 Å². The second kappa shape index (κ2) is 9.29. The fourth-order valence-corrected chi connectivity index (χ4v) is 6.13. The molecular weight excluding hydrogens is 557 g/mol. The summed E-state index contributed by atoms with van der Waals surface area (Å²) in [7, 11) is -2.17. The molecule has 0 radical (unpaired) electrons. The van der Waals surface area contributed by atoms with Crippen LogP contribution in [0.5, 0.6) is 0 Å². The molecule has 0 amide bonds. The highest BCUT2D eigenvalue weighted by molar-refractivity contribution is 7.90. The maximum atomic E-state index is 16.0. The fraction of sp³-hybridized carbons (Fsp3) is 0.269. The summed E-state index contributed by atoms with van der Waals surface area (Å²) in [5.41, 5.74) is 0.702. The highest BCUT2D eigenvalue weighted by Gasteiger charge is 2.43. The van der Waals surface area contributed by atoms with Gasteiger partial charge >= 0.3 is 0 Å². The second-order valence-electron chi connectivity index (χ2n) is 9.50. The van der Waals surface area contributed by atoms with E-state index in [1.54, 1.807) is 37.8 Å². The predicted octanol–water partition coefficient (Wildman–Crippen LogP) is 5.51. The number of nitrogens with zero attached hydrogens (tertiary/aromatic N) is 4. The monoisotopic (exact) mass is 578 g/mol. The normalized spacial score (nSPS) is 17.2. The Morgan fingerprint density at radius 3 is 2.37 bits per heavy atom. The van der Waals surface area contributed by atoms with Crippen LogP contribution in [-0.2, 0) is 16.9 Å². The molecule has 1 aliphatic rings. The van der Waals surface area contributed by atoms with E-state index >= 15 is 8.78 Å². The number of aromatic nitrogens is 4. The number of aryl methyl sites for hydroxylation is 3. The molecule has 7 nitrogen and oxygen atoms in total. The van der Waals surface area contributed by atoms with E-state index in [1.807, 2.05) is 0 Å². The van der Waals surface area contributed by atoms with Gasteiger partial charge in [0.15, 0.2) is 21.5 Å². The average Bonchev–Trinajstić information content (AvgIpc) is 3.56. The summed E-state index contributed by atoms with van der Waals surface area (Å²) in [4.78, 5) is 17.0. The molecule has 2 atom stereocenters. The van der Waals surface area contributed by atoms with Crippen LogP contribution in [0.4, 0.5) is 8.78 Å². The van der Waals surface area contributed by atoms with E-state index in [9.17, 15) is 13.2 Å². The molecule has 0 saturated heterocycles. The highest BCUT2D eigenvalue weighted by Crippen LogP contribution is 2.57. The van der Waals surface area contributed by atoms with Crippen LogP contribution < -0.4 is 5.56 Å². The Morgan fingerprint density at radius 2 is 1.74 bits per heavy atom. The Kier molecular flexibility index (Phi) is 6.48. The largest absolute Gasteiger partial charge is 0.277 e. The van der Waals surface area contributed by atoms with Crippen molar-refractivity contribution in [2.45, 2.75) is 37.0 Å². The first-order valence-electron chi connectivity index (χ1n) is 11.6. The van der Waals surface area contributed by atoms with Crippen molar-refractivity contribution < 1.29 is 17.2 Å². The van der Waals surface area contributed by atoms with Gasteiger partial charge in [-0.05, 0) is 61.4 Å². The first-order chi connectivity index (χ1) is 17.8. The molecular formula is C26H22Cl2F2N4O3S. The third-order valence-electron chi connectivity index (χ3n) is 6.86. The number of rotatable bonds is 5. The zero-order valence-corrected chi connectivity index (χ0v) is 23.1. The molecule has 0 aliphatic heterocycles. The third kappa shape index (κ3) is 4.24. The number of benzene rings is 1. The van der Waals surface area contributed by atoms with Crippen LogP contribution in [0.3, 0.4) is 0 Å². The van der Waals surface area contributed by atoms with E-state index in [4.69, 9.17) is 23.2 Å². The van der Waals surface area contributed by atoms with Gasteiger partial charge in [-0.25, -0.2) is 17.2 Å². The zero-order chi connectivity index (χ0) is 27.7. The molecule has 1 aliphatic carbocycles. The molecule has 1 fully saturated rings. The molecule has 1 saturated carbocycles. The average molecular weight is 579 g/mol. The molecule has 3 aromatic heterocycles. The molecule has 0 spiro atoms. The summed E-state index contributed by atoms with van der Waals surface area (Å²) in [6, 6.07) is 5.37. The molecule has 12 heteroatoms. The summed E-state index contributed by atoms with van der Waals surface area (Å²) in [5.74, 6) is -2.09. The number of hydrogen-bond acceptors (Lipinski definition) is 5. The first-order valence-corrected chi connectivity index (χ1v) is 14.2. The van der Waals surface area contributed by atoms with Crippen LogP contribution in [0.1, 0.15) is 40.6 Å². The van der Waals surface area contributed by atoms with Gasteiger partial charge in [-0.1, -0.05) is 29.3 Å². The zero-order valence-electron chi connectivity index (χ0n) is 20.8. The molecule has 5 rings (SSSR count). The van der Waals surface area contributed by atoms with Gasteiger partial charge in [-0.3, -0.25) is 19.0 Å². The van der Waals surface area contributed by atoms with Gasteiger partial charge in [0.1, 0.15) is 20.8 Å². The van der Waals surface area contributed by atoms with Crippen molar-refractivity contribution >= 4 is 33.0 Å². The van der Waals surface area contributed by atoms with Crippen LogP contribution in [0.15, 0.2) is 46.3 Å². The molecule has 0 N–H and O–H groups in total. The van der Waals surface area contributed by atoms with E-state index in [0.29, 0.717) is 22.0 Å². The minimum atomic E-state index is -3.91. The van der Waals surface area contributed by atoms with E-state index in [2.05, 4.69) is 10.1 Å². The maximum absolute atomic E-state index is 16.0. The quantitative estimate of drug-likeness (QED) is 0.311. The Labute approximate surface area is 227 Å². The van der Waals surface area contributed by atoms with Gasteiger partial charge in [0, 0.05) is 36.3 Å². The van der Waals surface area contributed by atoms with Gasteiger partial charge in [-0.15, -0.1) is 0 Å². The lowest BCUT2D eigenvalue weighted by molar-refractivity contribution is 0.569. The Balaban J connectivity index is 1.63. The van der Waals surface area contributed by atoms with Gasteiger partial charge in [0.25, 0.3) is 5.56 Å². The van der Waals surface area contributed by atoms with E-state index < -0.39 is 37.6 Å². The van der Waals surface area contributed by atoms with Gasteiger partial charge in [0.05, 0.1) is 11.9 Å². The van der Waals surface area contributed by atoms with Crippen molar-refractivity contribution in [3.05, 3.63) is 91.2 Å². The lowest BCUT2D eigenvalue weighted by Crippen LogP contribution is -2.24. The highest BCUT2D eigenvalue weighted by atomic mass is 35.5. The van der Waals surface area contributed by atoms with Gasteiger partial charge in [0.2, 0.25) is 0 Å². The molecule has 4 aromatic rings. The summed E-state index contributed by atoms with van der Waals surface area (Å²) in [6.45, 7) is 3.22. The van der Waals surface area contributed by atoms with Crippen molar-refractivity contribution in [1.82, 2.24) is 19.3 Å². The van der Waals surface area contributed by atoms with Crippen LogP contribution in [0, 0.1) is 25.5 Å². The minimum Gasteiger partial charge on any atom is -0.277 e. The number of halogens is 4. The maximum Gasteiger partial charge on any atom is 0.274 e. The molecule has 38 heavy (non-hydrogen) atoms. The Bertz CT molecular complexity index is 1800. The Hall–Kier alpha value is -3.08. The summed E-state index contributed by atoms with van der Waals surface area (Å²) in [6.07, 6.45) is 4.59. The SMILES string of the molecule is Cc1cnc(-c2cccc(S(C)(=O)=O)c2F)c(F)c1-n1c(C)cc([C@@H]2CC2c2cnn(C)c2Cl)c(Cl)c1=O. The summed E-state index contributed by atoms with van der Waals surface area (Å²) >= 11 is 12.9. The Morgan fingerprint density at radius 1 is 1.05 bits per heavy atom. The molecule has 0 bridgehead atoms. The van der Waals surface area contributed by atoms with Crippen molar-refractivity contribution in [2.24, 2.45) is 7.05 Å². The van der Waals surface area contributed by atoms with Gasteiger partial charge in [-0.2, -0.15) is 5.10 Å². The lowest BCUT2D eigenvalue weighted by Gasteiger charge is -2.18. The first kappa shape index (κ1) is 26.5. The smallest absolute Gasteiger partial charge is 0.274 e. The number of hydrogen-bond donors (Lipinski definition) is 0. The fourth-order valence-electron chi connectivity index (χ4n) is 4.86. The molecule has 1 aromatic carbocycles. The van der Waals surface area contributed by atoms with Crippen LogP contribution in [-0.4, -0.2) is 34.0 Å².